The Morgan fingerprint density at radius 1 is 1.33 bits per heavy atom. The number of hydroxylamine groups is 2. The van der Waals surface area contributed by atoms with Crippen molar-refractivity contribution >= 4 is 0 Å². The van der Waals surface area contributed by atoms with E-state index in [1.807, 2.05) is 31.3 Å². The van der Waals surface area contributed by atoms with Crippen LogP contribution in [0.5, 0.6) is 0 Å². The molecule has 3 rings (SSSR count). The molecular formula is C13H18N2O3. The lowest BCUT2D eigenvalue weighted by molar-refractivity contribution is -0.180. The van der Waals surface area contributed by atoms with Gasteiger partial charge in [0.1, 0.15) is 6.10 Å². The van der Waals surface area contributed by atoms with Crippen molar-refractivity contribution in [1.29, 1.82) is 0 Å². The fourth-order valence-electron chi connectivity index (χ4n) is 2.72. The first-order valence-electron chi connectivity index (χ1n) is 6.28. The number of hydrogen-bond acceptors (Lipinski definition) is 5. The molecule has 0 unspecified atom stereocenters. The minimum atomic E-state index is -0.154. The Balaban J connectivity index is 1.85. The van der Waals surface area contributed by atoms with Gasteiger partial charge in [-0.3, -0.25) is 9.82 Å². The number of aromatic nitrogens is 1. The molecule has 3 heterocycles. The van der Waals surface area contributed by atoms with Crippen LogP contribution in [0.15, 0.2) is 24.5 Å². The maximum atomic E-state index is 5.86. The van der Waals surface area contributed by atoms with E-state index >= 15 is 0 Å². The molecule has 0 radical (unpaired) electrons. The maximum Gasteiger partial charge on any atom is 0.154 e. The average molecular weight is 250 g/mol. The summed E-state index contributed by atoms with van der Waals surface area (Å²) >= 11 is 0. The van der Waals surface area contributed by atoms with Crippen LogP contribution in [0, 0.1) is 5.92 Å². The van der Waals surface area contributed by atoms with Crippen molar-refractivity contribution in [3.63, 3.8) is 0 Å². The van der Waals surface area contributed by atoms with E-state index in [1.165, 1.54) is 0 Å². The Morgan fingerprint density at radius 2 is 2.17 bits per heavy atom. The molecule has 4 atom stereocenters. The summed E-state index contributed by atoms with van der Waals surface area (Å²) in [6.07, 6.45) is 3.58. The first-order chi connectivity index (χ1) is 8.75. The van der Waals surface area contributed by atoms with Crippen LogP contribution in [-0.2, 0) is 14.3 Å². The molecule has 0 bridgehead atoms. The SMILES string of the molecule is C[C@H]1OC[C@@H]2[C@H](CO1)ON(C)[C@@H]2c1cccnc1. The highest BCUT2D eigenvalue weighted by molar-refractivity contribution is 5.16. The van der Waals surface area contributed by atoms with Gasteiger partial charge < -0.3 is 9.47 Å². The lowest BCUT2D eigenvalue weighted by Crippen LogP contribution is -2.25. The second kappa shape index (κ2) is 4.93. The third kappa shape index (κ3) is 2.14. The van der Waals surface area contributed by atoms with E-state index in [1.54, 1.807) is 6.20 Å². The molecule has 5 heteroatoms. The summed E-state index contributed by atoms with van der Waals surface area (Å²) < 4.78 is 11.2. The van der Waals surface area contributed by atoms with Crippen LogP contribution < -0.4 is 0 Å². The molecule has 98 valence electrons. The highest BCUT2D eigenvalue weighted by atomic mass is 16.7. The Bertz CT molecular complexity index is 400. The quantitative estimate of drug-likeness (QED) is 0.753. The van der Waals surface area contributed by atoms with Gasteiger partial charge in [0.15, 0.2) is 6.29 Å². The molecule has 0 amide bonds. The largest absolute Gasteiger partial charge is 0.353 e. The number of rotatable bonds is 1. The summed E-state index contributed by atoms with van der Waals surface area (Å²) in [4.78, 5) is 10.0. The van der Waals surface area contributed by atoms with Gasteiger partial charge in [-0.25, -0.2) is 0 Å². The van der Waals surface area contributed by atoms with E-state index in [0.29, 0.717) is 13.2 Å². The second-order valence-corrected chi connectivity index (χ2v) is 4.82. The third-order valence-electron chi connectivity index (χ3n) is 3.62. The van der Waals surface area contributed by atoms with Gasteiger partial charge in [-0.05, 0) is 18.6 Å². The summed E-state index contributed by atoms with van der Waals surface area (Å²) in [6.45, 7) is 3.15. The zero-order chi connectivity index (χ0) is 12.5. The summed E-state index contributed by atoms with van der Waals surface area (Å²) in [5, 5.41) is 1.90. The van der Waals surface area contributed by atoms with Crippen molar-refractivity contribution in [2.75, 3.05) is 20.3 Å². The normalized spacial score (nSPS) is 37.2. The molecule has 1 aromatic heterocycles. The summed E-state index contributed by atoms with van der Waals surface area (Å²) in [7, 11) is 1.95. The van der Waals surface area contributed by atoms with Crippen molar-refractivity contribution in [1.82, 2.24) is 10.0 Å². The van der Waals surface area contributed by atoms with Crippen LogP contribution in [0.2, 0.25) is 0 Å². The molecule has 0 spiro atoms. The van der Waals surface area contributed by atoms with Gasteiger partial charge in [-0.15, -0.1) is 0 Å². The Labute approximate surface area is 107 Å². The van der Waals surface area contributed by atoms with Crippen molar-refractivity contribution in [2.45, 2.75) is 25.4 Å². The predicted octanol–water partition coefficient (Wildman–Crippen LogP) is 1.38. The van der Waals surface area contributed by atoms with Gasteiger partial charge in [0.25, 0.3) is 0 Å². The standard InChI is InChI=1S/C13H18N2O3/c1-9-16-7-11-12(8-17-9)18-15(2)13(11)10-4-3-5-14-6-10/h3-6,9,11-13H,7-8H2,1-2H3/t9-,11+,12-,13+/m0/s1. The van der Waals surface area contributed by atoms with E-state index in [-0.39, 0.29) is 24.4 Å². The lowest BCUT2D eigenvalue weighted by Gasteiger charge is -2.22. The van der Waals surface area contributed by atoms with Gasteiger partial charge in [0.2, 0.25) is 0 Å². The van der Waals surface area contributed by atoms with Crippen LogP contribution >= 0.6 is 0 Å². The van der Waals surface area contributed by atoms with Gasteiger partial charge >= 0.3 is 0 Å². The van der Waals surface area contributed by atoms with E-state index in [9.17, 15) is 0 Å². The highest BCUT2D eigenvalue weighted by Crippen LogP contribution is 2.39. The zero-order valence-electron chi connectivity index (χ0n) is 10.7. The molecule has 2 aliphatic rings. The van der Waals surface area contributed by atoms with Gasteiger partial charge in [0.05, 0.1) is 19.3 Å². The van der Waals surface area contributed by atoms with Crippen LogP contribution in [0.4, 0.5) is 0 Å². The van der Waals surface area contributed by atoms with Crippen molar-refractivity contribution in [2.24, 2.45) is 5.92 Å². The summed E-state index contributed by atoms with van der Waals surface area (Å²) in [6, 6.07) is 4.21. The second-order valence-electron chi connectivity index (χ2n) is 4.82. The number of nitrogens with zero attached hydrogens (tertiary/aromatic N) is 2. The van der Waals surface area contributed by atoms with Crippen LogP contribution in [0.25, 0.3) is 0 Å². The molecule has 0 aliphatic carbocycles. The summed E-state index contributed by atoms with van der Waals surface area (Å²) in [5.74, 6) is 0.282. The van der Waals surface area contributed by atoms with Crippen LogP contribution in [-0.4, -0.2) is 42.7 Å². The van der Waals surface area contributed by atoms with Gasteiger partial charge in [-0.1, -0.05) is 6.07 Å². The fraction of sp³-hybridized carbons (Fsp3) is 0.615. The first-order valence-corrected chi connectivity index (χ1v) is 6.28. The van der Waals surface area contributed by atoms with E-state index in [2.05, 4.69) is 11.1 Å². The monoisotopic (exact) mass is 250 g/mol. The molecule has 0 aromatic carbocycles. The molecule has 2 aliphatic heterocycles. The van der Waals surface area contributed by atoms with Gasteiger partial charge in [0, 0.05) is 25.4 Å². The van der Waals surface area contributed by atoms with E-state index in [0.717, 1.165) is 5.56 Å². The highest BCUT2D eigenvalue weighted by Gasteiger charge is 2.44. The Hall–Kier alpha value is -1.01. The number of pyridine rings is 1. The van der Waals surface area contributed by atoms with Crippen LogP contribution in [0.3, 0.4) is 0 Å². The molecule has 0 saturated carbocycles. The smallest absolute Gasteiger partial charge is 0.154 e. The lowest BCUT2D eigenvalue weighted by atomic mass is 9.91. The molecule has 18 heavy (non-hydrogen) atoms. The number of ether oxygens (including phenoxy) is 2. The van der Waals surface area contributed by atoms with Crippen LogP contribution in [0.1, 0.15) is 18.5 Å². The molecule has 5 nitrogen and oxygen atoms in total. The fourth-order valence-corrected chi connectivity index (χ4v) is 2.72. The van der Waals surface area contributed by atoms with Crippen molar-refractivity contribution in [3.05, 3.63) is 30.1 Å². The predicted molar refractivity (Wildman–Crippen MR) is 64.5 cm³/mol. The Morgan fingerprint density at radius 3 is 2.94 bits per heavy atom. The molecule has 2 saturated heterocycles. The molecule has 0 N–H and O–H groups in total. The van der Waals surface area contributed by atoms with E-state index < -0.39 is 0 Å². The van der Waals surface area contributed by atoms with E-state index in [4.69, 9.17) is 14.3 Å². The van der Waals surface area contributed by atoms with Crippen molar-refractivity contribution < 1.29 is 14.3 Å². The zero-order valence-corrected chi connectivity index (χ0v) is 10.7. The minimum Gasteiger partial charge on any atom is -0.353 e. The van der Waals surface area contributed by atoms with Gasteiger partial charge in [-0.2, -0.15) is 5.06 Å². The molecule has 1 aromatic rings. The first kappa shape index (κ1) is 12.0. The van der Waals surface area contributed by atoms with Crippen molar-refractivity contribution in [3.8, 4) is 0 Å². The minimum absolute atomic E-state index is 0.0603. The Kier molecular flexibility index (Phi) is 3.30. The number of hydrogen-bond donors (Lipinski definition) is 0. The average Bonchev–Trinajstić information content (AvgIpc) is 2.60. The molecule has 2 fully saturated rings. The topological polar surface area (TPSA) is 43.8 Å². The third-order valence-corrected chi connectivity index (χ3v) is 3.62. The molecular weight excluding hydrogens is 232 g/mol. The maximum absolute atomic E-state index is 5.86. The number of fused-ring (bicyclic) bond motifs is 1. The summed E-state index contributed by atoms with van der Waals surface area (Å²) in [5.41, 5.74) is 1.16.